The van der Waals surface area contributed by atoms with Gasteiger partial charge in [-0.3, -0.25) is 0 Å². The maximum Gasteiger partial charge on any atom is 0.225 e. The second kappa shape index (κ2) is 6.07. The van der Waals surface area contributed by atoms with Gasteiger partial charge in [0.2, 0.25) is 5.95 Å². The molecule has 21 heavy (non-hydrogen) atoms. The highest BCUT2D eigenvalue weighted by molar-refractivity contribution is 9.10. The zero-order valence-corrected chi connectivity index (χ0v) is 13.1. The van der Waals surface area contributed by atoms with Gasteiger partial charge in [0.05, 0.1) is 5.69 Å². The summed E-state index contributed by atoms with van der Waals surface area (Å²) in [7, 11) is 0. The molecule has 3 rings (SSSR count). The number of halogens is 2. The monoisotopic (exact) mass is 350 g/mol. The molecule has 1 saturated heterocycles. The molecule has 6 heteroatoms. The Kier molecular flexibility index (Phi) is 4.17. The van der Waals surface area contributed by atoms with Crippen LogP contribution in [0, 0.1) is 5.82 Å². The summed E-state index contributed by atoms with van der Waals surface area (Å²) < 4.78 is 14.8. The molecule has 4 nitrogen and oxygen atoms in total. The molecule has 110 valence electrons. The quantitative estimate of drug-likeness (QED) is 0.904. The van der Waals surface area contributed by atoms with Gasteiger partial charge < -0.3 is 10.6 Å². The SMILES string of the molecule is NC1CCCN(c2nccc(-c3ccc(Br)cc3F)n2)C1. The van der Waals surface area contributed by atoms with Crippen molar-refractivity contribution in [2.24, 2.45) is 5.73 Å². The van der Waals surface area contributed by atoms with Gasteiger partial charge in [-0.25, -0.2) is 14.4 Å². The molecule has 1 aliphatic rings. The predicted octanol–water partition coefficient (Wildman–Crippen LogP) is 2.97. The predicted molar refractivity (Wildman–Crippen MR) is 84.5 cm³/mol. The van der Waals surface area contributed by atoms with E-state index in [1.165, 1.54) is 6.07 Å². The summed E-state index contributed by atoms with van der Waals surface area (Å²) in [5.74, 6) is 0.314. The van der Waals surface area contributed by atoms with Crippen LogP contribution in [0.25, 0.3) is 11.3 Å². The van der Waals surface area contributed by atoms with Crippen LogP contribution in [0.5, 0.6) is 0 Å². The number of anilines is 1. The van der Waals surface area contributed by atoms with Gasteiger partial charge >= 0.3 is 0 Å². The summed E-state index contributed by atoms with van der Waals surface area (Å²) in [6.45, 7) is 1.63. The van der Waals surface area contributed by atoms with Crippen LogP contribution >= 0.6 is 15.9 Å². The minimum Gasteiger partial charge on any atom is -0.339 e. The number of nitrogens with zero attached hydrogens (tertiary/aromatic N) is 3. The molecule has 0 radical (unpaired) electrons. The summed E-state index contributed by atoms with van der Waals surface area (Å²) in [4.78, 5) is 10.9. The molecule has 0 aliphatic carbocycles. The van der Waals surface area contributed by atoms with Crippen molar-refractivity contribution in [2.75, 3.05) is 18.0 Å². The van der Waals surface area contributed by atoms with E-state index in [-0.39, 0.29) is 11.9 Å². The van der Waals surface area contributed by atoms with Crippen molar-refractivity contribution in [3.63, 3.8) is 0 Å². The van der Waals surface area contributed by atoms with Crippen LogP contribution in [0.1, 0.15) is 12.8 Å². The Morgan fingerprint density at radius 3 is 2.95 bits per heavy atom. The van der Waals surface area contributed by atoms with E-state index < -0.39 is 0 Å². The maximum atomic E-state index is 14.0. The number of aromatic nitrogens is 2. The van der Waals surface area contributed by atoms with Crippen LogP contribution < -0.4 is 10.6 Å². The molecule has 2 heterocycles. The molecule has 1 aliphatic heterocycles. The summed E-state index contributed by atoms with van der Waals surface area (Å²) in [6, 6.07) is 6.83. The third-order valence-corrected chi connectivity index (χ3v) is 4.08. The van der Waals surface area contributed by atoms with E-state index in [9.17, 15) is 4.39 Å². The van der Waals surface area contributed by atoms with E-state index in [4.69, 9.17) is 5.73 Å². The first-order valence-corrected chi connectivity index (χ1v) is 7.72. The van der Waals surface area contributed by atoms with Gasteiger partial charge in [-0.2, -0.15) is 0 Å². The lowest BCUT2D eigenvalue weighted by Gasteiger charge is -2.30. The minimum absolute atomic E-state index is 0.149. The molecule has 2 N–H and O–H groups in total. The molecule has 1 unspecified atom stereocenters. The van der Waals surface area contributed by atoms with Gasteiger partial charge in [0, 0.05) is 35.4 Å². The Morgan fingerprint density at radius 2 is 2.19 bits per heavy atom. The van der Waals surface area contributed by atoms with Crippen molar-refractivity contribution in [3.05, 3.63) is 40.8 Å². The fourth-order valence-electron chi connectivity index (χ4n) is 2.54. The average molecular weight is 351 g/mol. The van der Waals surface area contributed by atoms with Crippen molar-refractivity contribution in [1.29, 1.82) is 0 Å². The smallest absolute Gasteiger partial charge is 0.225 e. The Hall–Kier alpha value is -1.53. The van der Waals surface area contributed by atoms with Crippen LogP contribution in [0.2, 0.25) is 0 Å². The number of hydrogen-bond donors (Lipinski definition) is 1. The van der Waals surface area contributed by atoms with E-state index in [2.05, 4.69) is 30.8 Å². The van der Waals surface area contributed by atoms with Crippen LogP contribution in [0.4, 0.5) is 10.3 Å². The molecule has 0 saturated carbocycles. The molecule has 0 bridgehead atoms. The first-order valence-electron chi connectivity index (χ1n) is 6.92. The maximum absolute atomic E-state index is 14.0. The highest BCUT2D eigenvalue weighted by atomic mass is 79.9. The van der Waals surface area contributed by atoms with Crippen LogP contribution in [0.3, 0.4) is 0 Å². The molecule has 0 spiro atoms. The van der Waals surface area contributed by atoms with Gasteiger partial charge in [0.1, 0.15) is 5.82 Å². The van der Waals surface area contributed by atoms with Crippen LogP contribution in [-0.2, 0) is 0 Å². The molecular weight excluding hydrogens is 335 g/mol. The Morgan fingerprint density at radius 1 is 1.33 bits per heavy atom. The normalized spacial score (nSPS) is 18.8. The van der Waals surface area contributed by atoms with Gasteiger partial charge in [-0.05, 0) is 37.1 Å². The lowest BCUT2D eigenvalue weighted by molar-refractivity contribution is 0.500. The fourth-order valence-corrected chi connectivity index (χ4v) is 2.87. The zero-order chi connectivity index (χ0) is 14.8. The van der Waals surface area contributed by atoms with Crippen molar-refractivity contribution < 1.29 is 4.39 Å². The Bertz CT molecular complexity index is 649. The van der Waals surface area contributed by atoms with E-state index >= 15 is 0 Å². The van der Waals surface area contributed by atoms with Crippen molar-refractivity contribution in [3.8, 4) is 11.3 Å². The van der Waals surface area contributed by atoms with Crippen LogP contribution in [0.15, 0.2) is 34.9 Å². The summed E-state index contributed by atoms with van der Waals surface area (Å²) in [5, 5.41) is 0. The van der Waals surface area contributed by atoms with E-state index in [1.807, 2.05) is 0 Å². The Labute approximate surface area is 131 Å². The van der Waals surface area contributed by atoms with Gasteiger partial charge in [-0.1, -0.05) is 15.9 Å². The van der Waals surface area contributed by atoms with E-state index in [0.717, 1.165) is 25.9 Å². The molecule has 1 fully saturated rings. The number of hydrogen-bond acceptors (Lipinski definition) is 4. The topological polar surface area (TPSA) is 55.0 Å². The lowest BCUT2D eigenvalue weighted by atomic mass is 10.1. The number of piperidine rings is 1. The van der Waals surface area contributed by atoms with Crippen molar-refractivity contribution in [2.45, 2.75) is 18.9 Å². The highest BCUT2D eigenvalue weighted by Crippen LogP contribution is 2.25. The third-order valence-electron chi connectivity index (χ3n) is 3.59. The zero-order valence-electron chi connectivity index (χ0n) is 11.5. The lowest BCUT2D eigenvalue weighted by Crippen LogP contribution is -2.43. The van der Waals surface area contributed by atoms with Gasteiger partial charge in [0.15, 0.2) is 0 Å². The summed E-state index contributed by atoms with van der Waals surface area (Å²) >= 11 is 3.26. The third kappa shape index (κ3) is 3.22. The van der Waals surface area contributed by atoms with Crippen molar-refractivity contribution in [1.82, 2.24) is 9.97 Å². The Balaban J connectivity index is 1.92. The van der Waals surface area contributed by atoms with Crippen LogP contribution in [-0.4, -0.2) is 29.1 Å². The molecule has 1 aromatic heterocycles. The average Bonchev–Trinajstić information content (AvgIpc) is 2.47. The molecule has 0 amide bonds. The van der Waals surface area contributed by atoms with E-state index in [1.54, 1.807) is 24.4 Å². The standard InChI is InChI=1S/C15H16BrFN4/c16-10-3-4-12(13(17)8-10)14-5-6-19-15(20-14)21-7-1-2-11(18)9-21/h3-6,8,11H,1-2,7,9,18H2. The molecule has 1 atom stereocenters. The van der Waals surface area contributed by atoms with Crippen molar-refractivity contribution >= 4 is 21.9 Å². The largest absolute Gasteiger partial charge is 0.339 e. The number of nitrogens with two attached hydrogens (primary N) is 1. The number of rotatable bonds is 2. The van der Waals surface area contributed by atoms with Gasteiger partial charge in [0.25, 0.3) is 0 Å². The first-order chi connectivity index (χ1) is 10.1. The second-order valence-electron chi connectivity index (χ2n) is 5.21. The minimum atomic E-state index is -0.302. The molecule has 1 aromatic carbocycles. The number of benzene rings is 1. The summed E-state index contributed by atoms with van der Waals surface area (Å²) in [5.41, 5.74) is 7.05. The highest BCUT2D eigenvalue weighted by Gasteiger charge is 2.19. The van der Waals surface area contributed by atoms with E-state index in [0.29, 0.717) is 21.7 Å². The first kappa shape index (κ1) is 14.4. The second-order valence-corrected chi connectivity index (χ2v) is 6.13. The fraction of sp³-hybridized carbons (Fsp3) is 0.333. The summed E-state index contributed by atoms with van der Waals surface area (Å²) in [6.07, 6.45) is 3.72. The molecular formula is C15H16BrFN4. The molecule has 2 aromatic rings. The van der Waals surface area contributed by atoms with Gasteiger partial charge in [-0.15, -0.1) is 0 Å².